The third-order valence-corrected chi connectivity index (χ3v) is 6.54. The molecule has 1 fully saturated rings. The zero-order valence-corrected chi connectivity index (χ0v) is 18.7. The molecule has 168 valence electrons. The van der Waals surface area contributed by atoms with Gasteiger partial charge < -0.3 is 19.8 Å². The van der Waals surface area contributed by atoms with E-state index in [1.807, 2.05) is 28.0 Å². The number of rotatable bonds is 6. The minimum Gasteiger partial charge on any atom is -0.381 e. The molecule has 0 aliphatic carbocycles. The summed E-state index contributed by atoms with van der Waals surface area (Å²) in [5.41, 5.74) is 4.07. The van der Waals surface area contributed by atoms with Crippen molar-refractivity contribution in [2.75, 3.05) is 13.2 Å². The van der Waals surface area contributed by atoms with Gasteiger partial charge in [0.25, 0.3) is 11.8 Å². The molecule has 5 heterocycles. The Morgan fingerprint density at radius 3 is 2.88 bits per heavy atom. The van der Waals surface area contributed by atoms with Crippen molar-refractivity contribution in [3.63, 3.8) is 0 Å². The van der Waals surface area contributed by atoms with E-state index in [2.05, 4.69) is 20.6 Å². The molecule has 9 heteroatoms. The number of hydrogen-bond acceptors (Lipinski definition) is 6. The molecular formula is C24H23N5O3S. The fraction of sp³-hybridized carbons (Fsp3) is 0.250. The first-order valence-electron chi connectivity index (χ1n) is 10.8. The Balaban J connectivity index is 1.22. The van der Waals surface area contributed by atoms with Crippen LogP contribution < -0.4 is 10.6 Å². The van der Waals surface area contributed by atoms with Gasteiger partial charge in [0.05, 0.1) is 10.4 Å². The molecule has 8 nitrogen and oxygen atoms in total. The smallest absolute Gasteiger partial charge is 0.261 e. The molecule has 4 aromatic rings. The summed E-state index contributed by atoms with van der Waals surface area (Å²) in [5.74, 6) is -0.219. The lowest BCUT2D eigenvalue weighted by Crippen LogP contribution is -2.38. The van der Waals surface area contributed by atoms with Crippen LogP contribution in [-0.2, 0) is 11.3 Å². The van der Waals surface area contributed by atoms with Gasteiger partial charge in [0.2, 0.25) is 0 Å². The average Bonchev–Trinajstić information content (AvgIpc) is 3.53. The number of imidazole rings is 1. The fourth-order valence-corrected chi connectivity index (χ4v) is 4.61. The highest BCUT2D eigenvalue weighted by atomic mass is 32.1. The van der Waals surface area contributed by atoms with Crippen molar-refractivity contribution in [2.24, 2.45) is 0 Å². The molecule has 4 aromatic heterocycles. The number of aromatic nitrogens is 3. The zero-order valence-electron chi connectivity index (χ0n) is 17.9. The van der Waals surface area contributed by atoms with Gasteiger partial charge in [-0.3, -0.25) is 14.6 Å². The van der Waals surface area contributed by atoms with Crippen LogP contribution in [0.5, 0.6) is 0 Å². The molecule has 0 aromatic carbocycles. The van der Waals surface area contributed by atoms with Gasteiger partial charge in [0.1, 0.15) is 5.65 Å². The summed E-state index contributed by atoms with van der Waals surface area (Å²) in [6.07, 6.45) is 10.4. The average molecular weight is 462 g/mol. The number of nitrogens with zero attached hydrogens (tertiary/aromatic N) is 3. The minimum absolute atomic E-state index is 0.0515. The molecule has 0 radical (unpaired) electrons. The molecule has 1 saturated heterocycles. The molecule has 0 bridgehead atoms. The second-order valence-corrected chi connectivity index (χ2v) is 8.85. The highest BCUT2D eigenvalue weighted by molar-refractivity contribution is 7.12. The number of ether oxygens (including phenoxy) is 1. The van der Waals surface area contributed by atoms with Gasteiger partial charge >= 0.3 is 0 Å². The Labute approximate surface area is 194 Å². The predicted molar refractivity (Wildman–Crippen MR) is 125 cm³/mol. The van der Waals surface area contributed by atoms with Gasteiger partial charge in [0.15, 0.2) is 0 Å². The summed E-state index contributed by atoms with van der Waals surface area (Å²) in [6.45, 7) is 1.73. The van der Waals surface area contributed by atoms with Gasteiger partial charge in [-0.25, -0.2) is 4.98 Å². The van der Waals surface area contributed by atoms with Crippen molar-refractivity contribution in [3.8, 4) is 11.1 Å². The number of fused-ring (bicyclic) bond motifs is 1. The molecule has 5 rings (SSSR count). The van der Waals surface area contributed by atoms with Gasteiger partial charge in [-0.05, 0) is 53.6 Å². The zero-order chi connectivity index (χ0) is 22.6. The molecule has 0 saturated carbocycles. The second-order valence-electron chi connectivity index (χ2n) is 7.93. The number of amides is 2. The number of pyridine rings is 2. The summed E-state index contributed by atoms with van der Waals surface area (Å²) >= 11 is 1.42. The van der Waals surface area contributed by atoms with Gasteiger partial charge in [-0.2, -0.15) is 0 Å². The number of carbonyl (C=O) groups excluding carboxylic acids is 2. The third kappa shape index (κ3) is 4.94. The van der Waals surface area contributed by atoms with Crippen LogP contribution in [0.1, 0.15) is 38.4 Å². The van der Waals surface area contributed by atoms with Crippen molar-refractivity contribution in [1.29, 1.82) is 0 Å². The molecule has 0 atom stereocenters. The number of hydrogen-bond donors (Lipinski definition) is 2. The van der Waals surface area contributed by atoms with Gasteiger partial charge in [-0.1, -0.05) is 0 Å². The summed E-state index contributed by atoms with van der Waals surface area (Å²) < 4.78 is 7.16. The van der Waals surface area contributed by atoms with E-state index in [0.29, 0.717) is 30.2 Å². The highest BCUT2D eigenvalue weighted by Gasteiger charge is 2.18. The molecule has 2 N–H and O–H groups in total. The van der Waals surface area contributed by atoms with E-state index in [4.69, 9.17) is 4.74 Å². The fourth-order valence-electron chi connectivity index (χ4n) is 3.79. The lowest BCUT2D eigenvalue weighted by molar-refractivity contribution is 0.0698. The van der Waals surface area contributed by atoms with Crippen LogP contribution in [0.15, 0.2) is 60.6 Å². The van der Waals surface area contributed by atoms with Crippen LogP contribution in [0.25, 0.3) is 16.8 Å². The topological polar surface area (TPSA) is 97.6 Å². The minimum atomic E-state index is -0.168. The molecule has 2 amide bonds. The lowest BCUT2D eigenvalue weighted by Gasteiger charge is -2.22. The maximum absolute atomic E-state index is 12.6. The summed E-state index contributed by atoms with van der Waals surface area (Å²) in [6, 6.07) is 7.60. The lowest BCUT2D eigenvalue weighted by atomic mass is 10.1. The van der Waals surface area contributed by atoms with E-state index in [1.54, 1.807) is 37.1 Å². The van der Waals surface area contributed by atoms with Crippen molar-refractivity contribution in [2.45, 2.75) is 25.4 Å². The van der Waals surface area contributed by atoms with E-state index in [9.17, 15) is 9.59 Å². The van der Waals surface area contributed by atoms with E-state index in [1.165, 1.54) is 11.3 Å². The van der Waals surface area contributed by atoms with Crippen molar-refractivity contribution in [1.82, 2.24) is 25.0 Å². The normalized spacial score (nSPS) is 14.3. The van der Waals surface area contributed by atoms with Crippen molar-refractivity contribution < 1.29 is 14.3 Å². The summed E-state index contributed by atoms with van der Waals surface area (Å²) in [5, 5.41) is 7.98. The highest BCUT2D eigenvalue weighted by Crippen LogP contribution is 2.26. The summed E-state index contributed by atoms with van der Waals surface area (Å²) in [4.78, 5) is 34.3. The van der Waals surface area contributed by atoms with E-state index in [-0.39, 0.29) is 17.9 Å². The van der Waals surface area contributed by atoms with Crippen LogP contribution in [0, 0.1) is 0 Å². The van der Waals surface area contributed by atoms with Crippen LogP contribution in [0.4, 0.5) is 0 Å². The van der Waals surface area contributed by atoms with Crippen LogP contribution in [-0.4, -0.2) is 45.4 Å². The molecule has 33 heavy (non-hydrogen) atoms. The standard InChI is InChI=1S/C24H23N5O3S/c30-23(17-1-2-22-26-5-6-29(22)14-17)27-12-16-9-18(13-25-11-16)19-10-21(33-15-19)24(31)28-20-3-7-32-8-4-20/h1-2,5-6,9-11,13-15,20H,3-4,7-8,12H2,(H,27,30)(H,28,31). The Bertz CT molecular complexity index is 1290. The number of nitrogens with one attached hydrogen (secondary N) is 2. The molecule has 1 aliphatic heterocycles. The maximum atomic E-state index is 12.6. The van der Waals surface area contributed by atoms with Crippen LogP contribution >= 0.6 is 11.3 Å². The Hall–Kier alpha value is -3.56. The van der Waals surface area contributed by atoms with Crippen LogP contribution in [0.3, 0.4) is 0 Å². The van der Waals surface area contributed by atoms with Crippen LogP contribution in [0.2, 0.25) is 0 Å². The number of carbonyl (C=O) groups is 2. The van der Waals surface area contributed by atoms with Gasteiger partial charge in [-0.15, -0.1) is 11.3 Å². The Kier molecular flexibility index (Phi) is 6.14. The monoisotopic (exact) mass is 461 g/mol. The van der Waals surface area contributed by atoms with Crippen molar-refractivity contribution in [3.05, 3.63) is 76.6 Å². The first-order valence-corrected chi connectivity index (χ1v) is 11.7. The largest absolute Gasteiger partial charge is 0.381 e. The quantitative estimate of drug-likeness (QED) is 0.459. The van der Waals surface area contributed by atoms with E-state index in [0.717, 1.165) is 35.2 Å². The first kappa shape index (κ1) is 21.3. The first-order chi connectivity index (χ1) is 16.2. The molecule has 1 aliphatic rings. The third-order valence-electron chi connectivity index (χ3n) is 5.61. The van der Waals surface area contributed by atoms with E-state index < -0.39 is 0 Å². The SMILES string of the molecule is O=C(NCc1cncc(-c2csc(C(=O)NC3CCOCC3)c2)c1)c1ccc2nccn2c1. The molecule has 0 unspecified atom stereocenters. The summed E-state index contributed by atoms with van der Waals surface area (Å²) in [7, 11) is 0. The molecule has 0 spiro atoms. The predicted octanol–water partition coefficient (Wildman–Crippen LogP) is 3.30. The van der Waals surface area contributed by atoms with E-state index >= 15 is 0 Å². The number of thiophene rings is 1. The maximum Gasteiger partial charge on any atom is 0.261 e. The Morgan fingerprint density at radius 1 is 1.12 bits per heavy atom. The molecular weight excluding hydrogens is 438 g/mol. The Morgan fingerprint density at radius 2 is 2.00 bits per heavy atom. The second kappa shape index (κ2) is 9.51. The van der Waals surface area contributed by atoms with Crippen molar-refractivity contribution >= 4 is 28.8 Å². The van der Waals surface area contributed by atoms with Gasteiger partial charge in [0, 0.05) is 62.3 Å².